The third kappa shape index (κ3) is 4.51. The largest absolute Gasteiger partial charge is 0.507 e. The molecule has 4 rings (SSSR count). The second-order valence-electron chi connectivity index (χ2n) is 7.69. The van der Waals surface area contributed by atoms with Gasteiger partial charge in [0.1, 0.15) is 11.5 Å². The van der Waals surface area contributed by atoms with Crippen molar-refractivity contribution in [2.24, 2.45) is 0 Å². The first-order chi connectivity index (χ1) is 15.6. The maximum atomic E-state index is 13.1. The van der Waals surface area contributed by atoms with E-state index < -0.39 is 17.7 Å². The number of amides is 1. The predicted molar refractivity (Wildman–Crippen MR) is 118 cm³/mol. The fourth-order valence-corrected chi connectivity index (χ4v) is 4.12. The molecule has 0 spiro atoms. The van der Waals surface area contributed by atoms with Gasteiger partial charge in [-0.1, -0.05) is 18.2 Å². The lowest BCUT2D eigenvalue weighted by Crippen LogP contribution is -2.42. The molecule has 32 heavy (non-hydrogen) atoms. The zero-order valence-corrected chi connectivity index (χ0v) is 18.1. The Kier molecular flexibility index (Phi) is 6.82. The smallest absolute Gasteiger partial charge is 0.295 e. The van der Waals surface area contributed by atoms with Crippen molar-refractivity contribution in [2.75, 3.05) is 46.0 Å². The highest BCUT2D eigenvalue weighted by Crippen LogP contribution is 2.39. The fraction of sp³-hybridized carbons (Fsp3) is 0.375. The molecule has 0 aliphatic carbocycles. The second kappa shape index (κ2) is 9.93. The molecular formula is C24H27N3O5. The first-order valence-electron chi connectivity index (χ1n) is 10.8. The highest BCUT2D eigenvalue weighted by molar-refractivity contribution is 6.46. The number of hydrogen-bond donors (Lipinski definition) is 1. The molecule has 3 heterocycles. The van der Waals surface area contributed by atoms with Crippen LogP contribution in [0.4, 0.5) is 0 Å². The van der Waals surface area contributed by atoms with Crippen molar-refractivity contribution in [1.82, 2.24) is 14.8 Å². The van der Waals surface area contributed by atoms with Gasteiger partial charge in [0.05, 0.1) is 31.4 Å². The van der Waals surface area contributed by atoms with E-state index in [0.29, 0.717) is 49.8 Å². The summed E-state index contributed by atoms with van der Waals surface area (Å²) in [7, 11) is 0. The van der Waals surface area contributed by atoms with Gasteiger partial charge >= 0.3 is 0 Å². The number of ketones is 1. The Balaban J connectivity index is 1.71. The zero-order chi connectivity index (χ0) is 22.5. The number of carbonyl (C=O) groups excluding carboxylic acids is 2. The Morgan fingerprint density at radius 1 is 1.19 bits per heavy atom. The highest BCUT2D eigenvalue weighted by atomic mass is 16.5. The number of benzene rings is 1. The molecule has 2 saturated heterocycles. The van der Waals surface area contributed by atoms with Gasteiger partial charge in [-0.2, -0.15) is 0 Å². The molecule has 1 aromatic heterocycles. The number of likely N-dealkylation sites (tertiary alicyclic amines) is 1. The molecule has 0 radical (unpaired) electrons. The van der Waals surface area contributed by atoms with E-state index in [1.165, 1.54) is 4.90 Å². The molecule has 0 saturated carbocycles. The van der Waals surface area contributed by atoms with Crippen molar-refractivity contribution >= 4 is 17.4 Å². The van der Waals surface area contributed by atoms with Crippen LogP contribution in [-0.4, -0.2) is 77.6 Å². The van der Waals surface area contributed by atoms with Crippen LogP contribution in [0, 0.1) is 0 Å². The Bertz CT molecular complexity index is 1000. The van der Waals surface area contributed by atoms with E-state index in [4.69, 9.17) is 9.47 Å². The predicted octanol–water partition coefficient (Wildman–Crippen LogP) is 2.23. The minimum atomic E-state index is -0.708. The van der Waals surface area contributed by atoms with Gasteiger partial charge in [0.15, 0.2) is 0 Å². The van der Waals surface area contributed by atoms with E-state index >= 15 is 0 Å². The summed E-state index contributed by atoms with van der Waals surface area (Å²) in [6.07, 6.45) is 3.26. The summed E-state index contributed by atoms with van der Waals surface area (Å²) in [6, 6.07) is 9.75. The molecule has 168 valence electrons. The summed E-state index contributed by atoms with van der Waals surface area (Å²) in [6.45, 7) is 6.20. The molecule has 2 aromatic rings. The van der Waals surface area contributed by atoms with Crippen molar-refractivity contribution in [3.63, 3.8) is 0 Å². The van der Waals surface area contributed by atoms with Gasteiger partial charge in [-0.15, -0.1) is 0 Å². The van der Waals surface area contributed by atoms with Crippen LogP contribution in [-0.2, 0) is 14.3 Å². The van der Waals surface area contributed by atoms with E-state index in [1.54, 1.807) is 42.7 Å². The van der Waals surface area contributed by atoms with Gasteiger partial charge in [0.2, 0.25) is 0 Å². The van der Waals surface area contributed by atoms with Crippen molar-refractivity contribution in [3.05, 3.63) is 65.5 Å². The van der Waals surface area contributed by atoms with Crippen LogP contribution in [0.1, 0.15) is 24.1 Å². The number of hydrogen-bond acceptors (Lipinski definition) is 7. The third-order valence-electron chi connectivity index (χ3n) is 5.72. The number of carbonyl (C=O) groups is 2. The quantitative estimate of drug-likeness (QED) is 0.403. The first kappa shape index (κ1) is 22.0. The number of Topliss-reactive ketones (excluding diaryl/α,β-unsaturated/α-hetero) is 1. The fourth-order valence-electron chi connectivity index (χ4n) is 4.12. The molecule has 0 unspecified atom stereocenters. The van der Waals surface area contributed by atoms with Crippen molar-refractivity contribution in [3.8, 4) is 5.75 Å². The summed E-state index contributed by atoms with van der Waals surface area (Å²) in [5.41, 5.74) is 1.17. The van der Waals surface area contributed by atoms with E-state index in [0.717, 1.165) is 13.1 Å². The van der Waals surface area contributed by atoms with E-state index in [-0.39, 0.29) is 11.3 Å². The summed E-state index contributed by atoms with van der Waals surface area (Å²) in [5.74, 6) is -0.946. The summed E-state index contributed by atoms with van der Waals surface area (Å²) >= 11 is 0. The number of morpholine rings is 1. The monoisotopic (exact) mass is 437 g/mol. The number of aromatic nitrogens is 1. The lowest BCUT2D eigenvalue weighted by Gasteiger charge is -2.30. The van der Waals surface area contributed by atoms with Crippen LogP contribution < -0.4 is 4.74 Å². The van der Waals surface area contributed by atoms with Gasteiger partial charge < -0.3 is 19.5 Å². The normalized spacial score (nSPS) is 21.2. The molecule has 1 N–H and O–H groups in total. The van der Waals surface area contributed by atoms with Crippen molar-refractivity contribution in [1.29, 1.82) is 0 Å². The lowest BCUT2D eigenvalue weighted by atomic mass is 9.96. The van der Waals surface area contributed by atoms with Crippen LogP contribution in [0.15, 0.2) is 54.4 Å². The molecule has 0 bridgehead atoms. The average Bonchev–Trinajstić information content (AvgIpc) is 3.09. The SMILES string of the molecule is CCOc1cccc(C(O)=C2C(=O)C(=O)N(CCN3CCOCC3)[C@H]2c2cccnc2)c1. The zero-order valence-electron chi connectivity index (χ0n) is 18.1. The molecule has 2 fully saturated rings. The van der Waals surface area contributed by atoms with E-state index in [1.807, 2.05) is 13.0 Å². The number of rotatable bonds is 7. The Hall–Kier alpha value is -3.23. The second-order valence-corrected chi connectivity index (χ2v) is 7.69. The average molecular weight is 437 g/mol. The van der Waals surface area contributed by atoms with Crippen molar-refractivity contribution < 1.29 is 24.2 Å². The Morgan fingerprint density at radius 2 is 2.00 bits per heavy atom. The molecule has 2 aliphatic rings. The molecule has 1 aromatic carbocycles. The van der Waals surface area contributed by atoms with Crippen LogP contribution in [0.5, 0.6) is 5.75 Å². The third-order valence-corrected chi connectivity index (χ3v) is 5.72. The number of aliphatic hydroxyl groups is 1. The molecule has 8 heteroatoms. The lowest BCUT2D eigenvalue weighted by molar-refractivity contribution is -0.140. The van der Waals surface area contributed by atoms with Crippen LogP contribution >= 0.6 is 0 Å². The summed E-state index contributed by atoms with van der Waals surface area (Å²) in [5, 5.41) is 11.1. The maximum absolute atomic E-state index is 13.1. The maximum Gasteiger partial charge on any atom is 0.295 e. The standard InChI is InChI=1S/C24H27N3O5/c1-2-32-19-7-3-5-17(15-19)22(28)20-21(18-6-4-8-25-16-18)27(24(30)23(20)29)10-9-26-11-13-31-14-12-26/h3-8,15-16,21,28H,2,9-14H2,1H3/t21-/m0/s1. The number of aliphatic hydroxyl groups excluding tert-OH is 1. The number of nitrogens with zero attached hydrogens (tertiary/aromatic N) is 3. The Labute approximate surface area is 187 Å². The van der Waals surface area contributed by atoms with Crippen LogP contribution in [0.3, 0.4) is 0 Å². The minimum absolute atomic E-state index is 0.0682. The van der Waals surface area contributed by atoms with E-state index in [9.17, 15) is 14.7 Å². The molecule has 8 nitrogen and oxygen atoms in total. The molecular weight excluding hydrogens is 410 g/mol. The topological polar surface area (TPSA) is 92.2 Å². The van der Waals surface area contributed by atoms with Crippen LogP contribution in [0.25, 0.3) is 5.76 Å². The van der Waals surface area contributed by atoms with Gasteiger partial charge in [-0.25, -0.2) is 0 Å². The first-order valence-corrected chi connectivity index (χ1v) is 10.8. The number of pyridine rings is 1. The molecule has 1 atom stereocenters. The van der Waals surface area contributed by atoms with Crippen LogP contribution in [0.2, 0.25) is 0 Å². The van der Waals surface area contributed by atoms with Gasteiger partial charge in [-0.3, -0.25) is 19.5 Å². The Morgan fingerprint density at radius 3 is 2.72 bits per heavy atom. The van der Waals surface area contributed by atoms with E-state index in [2.05, 4.69) is 9.88 Å². The summed E-state index contributed by atoms with van der Waals surface area (Å²) in [4.78, 5) is 34.0. The minimum Gasteiger partial charge on any atom is -0.507 e. The molecule has 2 aliphatic heterocycles. The van der Waals surface area contributed by atoms with Crippen molar-refractivity contribution in [2.45, 2.75) is 13.0 Å². The van der Waals surface area contributed by atoms with Gasteiger partial charge in [0, 0.05) is 44.1 Å². The molecule has 1 amide bonds. The number of ether oxygens (including phenoxy) is 2. The summed E-state index contributed by atoms with van der Waals surface area (Å²) < 4.78 is 10.9. The highest BCUT2D eigenvalue weighted by Gasteiger charge is 2.46. The van der Waals surface area contributed by atoms with Gasteiger partial charge in [0.25, 0.3) is 11.7 Å². The van der Waals surface area contributed by atoms with Gasteiger partial charge in [-0.05, 0) is 30.7 Å².